The minimum atomic E-state index is -1.40. The van der Waals surface area contributed by atoms with Crippen molar-refractivity contribution in [3.8, 4) is 0 Å². The Balaban J connectivity index is 2.21. The lowest BCUT2D eigenvalue weighted by atomic mass is 10.2. The quantitative estimate of drug-likeness (QED) is 0.752. The van der Waals surface area contributed by atoms with Crippen molar-refractivity contribution in [2.45, 2.75) is 19.4 Å². The molecule has 0 radical (unpaired) electrons. The minimum absolute atomic E-state index is 0.0297. The maximum Gasteiger partial charge on any atom is 0.246 e. The molecule has 0 N–H and O–H groups in total. The number of hydrogen-bond acceptors (Lipinski definition) is 3. The van der Waals surface area contributed by atoms with Gasteiger partial charge in [-0.15, -0.1) is 4.18 Å². The lowest BCUT2D eigenvalue weighted by molar-refractivity contribution is 0.243. The Labute approximate surface area is 97.5 Å². The maximum absolute atomic E-state index is 11.7. The molecular formula is C10H12ClNO2S. The minimum Gasteiger partial charge on any atom is -0.560 e. The van der Waals surface area contributed by atoms with Gasteiger partial charge in [-0.1, -0.05) is 30.7 Å². The Bertz CT molecular complexity index is 350. The highest BCUT2D eigenvalue weighted by Gasteiger charge is 2.37. The summed E-state index contributed by atoms with van der Waals surface area (Å²) in [6.07, 6.45) is 0.884. The predicted molar refractivity (Wildman–Crippen MR) is 62.1 cm³/mol. The second-order valence-electron chi connectivity index (χ2n) is 3.36. The molecule has 1 heterocycles. The zero-order chi connectivity index (χ0) is 10.8. The van der Waals surface area contributed by atoms with Crippen LogP contribution in [0.5, 0.6) is 0 Å². The second kappa shape index (κ2) is 4.61. The molecule has 1 saturated heterocycles. The Kier molecular flexibility index (Phi) is 3.41. The van der Waals surface area contributed by atoms with Crippen LogP contribution in [0.15, 0.2) is 24.3 Å². The zero-order valence-electron chi connectivity index (χ0n) is 8.35. The van der Waals surface area contributed by atoms with Crippen molar-refractivity contribution < 1.29 is 8.74 Å². The molecule has 0 bridgehead atoms. The summed E-state index contributed by atoms with van der Waals surface area (Å²) in [7, 11) is 0. The van der Waals surface area contributed by atoms with E-state index in [0.717, 1.165) is 12.1 Å². The van der Waals surface area contributed by atoms with E-state index in [4.69, 9.17) is 15.8 Å². The van der Waals surface area contributed by atoms with Gasteiger partial charge in [-0.2, -0.15) is 4.31 Å². The first-order valence-electron chi connectivity index (χ1n) is 4.83. The number of para-hydroxylation sites is 1. The molecule has 2 atom stereocenters. The lowest BCUT2D eigenvalue weighted by Crippen LogP contribution is -2.25. The van der Waals surface area contributed by atoms with Crippen LogP contribution in [-0.4, -0.2) is 17.2 Å². The largest absolute Gasteiger partial charge is 0.560 e. The van der Waals surface area contributed by atoms with E-state index in [1.54, 1.807) is 10.4 Å². The highest BCUT2D eigenvalue weighted by atomic mass is 35.5. The lowest BCUT2D eigenvalue weighted by Gasteiger charge is -2.15. The van der Waals surface area contributed by atoms with Crippen LogP contribution in [0.3, 0.4) is 0 Å². The third-order valence-corrected chi connectivity index (χ3v) is 3.81. The van der Waals surface area contributed by atoms with Crippen LogP contribution < -0.4 is 4.31 Å². The van der Waals surface area contributed by atoms with Crippen molar-refractivity contribution >= 4 is 28.9 Å². The average Bonchev–Trinajstić information content (AvgIpc) is 2.60. The molecule has 15 heavy (non-hydrogen) atoms. The van der Waals surface area contributed by atoms with E-state index in [-0.39, 0.29) is 6.10 Å². The Morgan fingerprint density at radius 2 is 2.33 bits per heavy atom. The van der Waals surface area contributed by atoms with Gasteiger partial charge in [-0.3, -0.25) is 0 Å². The molecule has 0 aromatic heterocycles. The van der Waals surface area contributed by atoms with Crippen LogP contribution in [-0.2, 0) is 15.8 Å². The van der Waals surface area contributed by atoms with Gasteiger partial charge in [0.25, 0.3) is 0 Å². The Hall–Kier alpha value is -0.420. The predicted octanol–water partition coefficient (Wildman–Crippen LogP) is 2.53. The highest BCUT2D eigenvalue weighted by Crippen LogP contribution is 2.32. The summed E-state index contributed by atoms with van der Waals surface area (Å²) in [5, 5.41) is 0.603. The van der Waals surface area contributed by atoms with E-state index in [9.17, 15) is 4.55 Å². The van der Waals surface area contributed by atoms with Crippen molar-refractivity contribution in [1.82, 2.24) is 0 Å². The molecule has 1 aromatic rings. The summed E-state index contributed by atoms with van der Waals surface area (Å²) in [5.74, 6) is 0. The van der Waals surface area contributed by atoms with Crippen molar-refractivity contribution in [3.63, 3.8) is 0 Å². The first kappa shape index (κ1) is 11.1. The van der Waals surface area contributed by atoms with Gasteiger partial charge in [0.05, 0.1) is 5.02 Å². The SMILES string of the molecule is CC[C@@H]1CN(c2ccccc2Cl)[S+]([O-])O1. The number of halogens is 1. The number of anilines is 1. The molecule has 0 spiro atoms. The van der Waals surface area contributed by atoms with Gasteiger partial charge in [-0.25, -0.2) is 0 Å². The van der Waals surface area contributed by atoms with Crippen LogP contribution in [0, 0.1) is 0 Å². The molecule has 0 aliphatic carbocycles. The Morgan fingerprint density at radius 3 is 2.93 bits per heavy atom. The molecule has 1 fully saturated rings. The summed E-state index contributed by atoms with van der Waals surface area (Å²) in [6, 6.07) is 7.36. The van der Waals surface area contributed by atoms with E-state index in [1.807, 2.05) is 25.1 Å². The number of hydrogen-bond donors (Lipinski definition) is 0. The first-order chi connectivity index (χ1) is 7.22. The van der Waals surface area contributed by atoms with Crippen LogP contribution in [0.2, 0.25) is 5.02 Å². The molecule has 2 rings (SSSR count). The molecule has 5 heteroatoms. The van der Waals surface area contributed by atoms with E-state index in [1.165, 1.54) is 0 Å². The zero-order valence-corrected chi connectivity index (χ0v) is 9.92. The fraction of sp³-hybridized carbons (Fsp3) is 0.400. The van der Waals surface area contributed by atoms with Crippen molar-refractivity contribution in [1.29, 1.82) is 0 Å². The van der Waals surface area contributed by atoms with Gasteiger partial charge in [-0.05, 0) is 18.6 Å². The molecule has 1 aliphatic heterocycles. The molecule has 1 aliphatic rings. The molecule has 3 nitrogen and oxygen atoms in total. The fourth-order valence-electron chi connectivity index (χ4n) is 1.47. The van der Waals surface area contributed by atoms with Gasteiger partial charge in [0.15, 0.2) is 0 Å². The monoisotopic (exact) mass is 245 g/mol. The number of benzene rings is 1. The van der Waals surface area contributed by atoms with Crippen molar-refractivity contribution in [3.05, 3.63) is 29.3 Å². The third-order valence-electron chi connectivity index (χ3n) is 2.34. The highest BCUT2D eigenvalue weighted by molar-refractivity contribution is 7.88. The van der Waals surface area contributed by atoms with E-state index < -0.39 is 11.6 Å². The average molecular weight is 246 g/mol. The van der Waals surface area contributed by atoms with E-state index >= 15 is 0 Å². The standard InChI is InChI=1S/C10H12ClNO2S/c1-2-8-7-12(15(13)14-8)10-6-4-3-5-9(10)11/h3-6,8H,2,7H2,1H3/t8-,15?/m1/s1. The molecular weight excluding hydrogens is 234 g/mol. The molecule has 82 valence electrons. The fourth-order valence-corrected chi connectivity index (χ4v) is 2.90. The number of rotatable bonds is 2. The van der Waals surface area contributed by atoms with Gasteiger partial charge in [0.2, 0.25) is 11.6 Å². The smallest absolute Gasteiger partial charge is 0.246 e. The van der Waals surface area contributed by atoms with Gasteiger partial charge in [0, 0.05) is 0 Å². The Morgan fingerprint density at radius 1 is 1.60 bits per heavy atom. The van der Waals surface area contributed by atoms with Crippen molar-refractivity contribution in [2.24, 2.45) is 0 Å². The summed E-state index contributed by atoms with van der Waals surface area (Å²) in [5.41, 5.74) is 0.772. The third kappa shape index (κ3) is 2.23. The van der Waals surface area contributed by atoms with Crippen LogP contribution >= 0.6 is 11.6 Å². The van der Waals surface area contributed by atoms with E-state index in [0.29, 0.717) is 11.6 Å². The van der Waals surface area contributed by atoms with Crippen LogP contribution in [0.4, 0.5) is 5.69 Å². The normalized spacial score (nSPS) is 25.9. The topological polar surface area (TPSA) is 35.5 Å². The maximum atomic E-state index is 11.7. The summed E-state index contributed by atoms with van der Waals surface area (Å²) < 4.78 is 18.6. The van der Waals surface area contributed by atoms with Crippen LogP contribution in [0.1, 0.15) is 13.3 Å². The summed E-state index contributed by atoms with van der Waals surface area (Å²) in [4.78, 5) is 0. The summed E-state index contributed by atoms with van der Waals surface area (Å²) >= 11 is 4.63. The van der Waals surface area contributed by atoms with Gasteiger partial charge >= 0.3 is 0 Å². The van der Waals surface area contributed by atoms with Crippen LogP contribution in [0.25, 0.3) is 0 Å². The molecule has 0 amide bonds. The molecule has 1 aromatic carbocycles. The number of nitrogens with zero attached hydrogens (tertiary/aromatic N) is 1. The second-order valence-corrected chi connectivity index (χ2v) is 4.83. The summed E-state index contributed by atoms with van der Waals surface area (Å²) in [6.45, 7) is 2.64. The molecule has 1 unspecified atom stereocenters. The first-order valence-corrected chi connectivity index (χ1v) is 6.24. The van der Waals surface area contributed by atoms with E-state index in [2.05, 4.69) is 0 Å². The van der Waals surface area contributed by atoms with Gasteiger partial charge in [0.1, 0.15) is 18.3 Å². The van der Waals surface area contributed by atoms with Gasteiger partial charge < -0.3 is 4.55 Å². The van der Waals surface area contributed by atoms with Crippen molar-refractivity contribution in [2.75, 3.05) is 10.8 Å². The molecule has 0 saturated carbocycles.